The van der Waals surface area contributed by atoms with E-state index in [0.717, 1.165) is 23.8 Å². The van der Waals surface area contributed by atoms with E-state index in [1.54, 1.807) is 18.3 Å². The lowest BCUT2D eigenvalue weighted by molar-refractivity contribution is 0.568. The number of hydrogen-bond donors (Lipinski definition) is 0. The second-order valence-corrected chi connectivity index (χ2v) is 6.89. The highest BCUT2D eigenvalue weighted by Crippen LogP contribution is 2.39. The Morgan fingerprint density at radius 1 is 1.10 bits per heavy atom. The number of hydrogen-bond acceptors (Lipinski definition) is 1. The summed E-state index contributed by atoms with van der Waals surface area (Å²) in [6.45, 7) is 1.63. The van der Waals surface area contributed by atoms with Crippen molar-refractivity contribution in [2.24, 2.45) is 0 Å². The van der Waals surface area contributed by atoms with Gasteiger partial charge in [-0.2, -0.15) is 0 Å². The van der Waals surface area contributed by atoms with Gasteiger partial charge in [-0.3, -0.25) is 0 Å². The maximum absolute atomic E-state index is 13.9. The normalized spacial score (nSPS) is 16.0. The van der Waals surface area contributed by atoms with Crippen molar-refractivity contribution in [1.29, 1.82) is 0 Å². The Morgan fingerprint density at radius 3 is 2.60 bits per heavy atom. The van der Waals surface area contributed by atoms with E-state index >= 15 is 0 Å². The number of halogens is 3. The summed E-state index contributed by atoms with van der Waals surface area (Å²) in [6, 6.07) is 4.53. The first kappa shape index (κ1) is 14.0. The van der Waals surface area contributed by atoms with Gasteiger partial charge in [-0.15, -0.1) is 22.9 Å². The van der Waals surface area contributed by atoms with Crippen LogP contribution in [0, 0.1) is 18.6 Å². The molecule has 0 saturated heterocycles. The van der Waals surface area contributed by atoms with E-state index in [9.17, 15) is 8.78 Å². The average molecular weight is 313 g/mol. The third kappa shape index (κ3) is 2.49. The van der Waals surface area contributed by atoms with Crippen LogP contribution in [0.25, 0.3) is 0 Å². The van der Waals surface area contributed by atoms with E-state index in [1.807, 2.05) is 0 Å². The lowest BCUT2D eigenvalue weighted by atomic mass is 9.98. The molecule has 1 atom stereocenters. The van der Waals surface area contributed by atoms with E-state index in [0.29, 0.717) is 11.1 Å². The predicted molar refractivity (Wildman–Crippen MR) is 79.8 cm³/mol. The van der Waals surface area contributed by atoms with E-state index in [2.05, 4.69) is 6.07 Å². The Bertz CT molecular complexity index is 625. The van der Waals surface area contributed by atoms with Crippen molar-refractivity contribution in [3.63, 3.8) is 0 Å². The number of rotatable bonds is 2. The van der Waals surface area contributed by atoms with Crippen LogP contribution >= 0.6 is 22.9 Å². The van der Waals surface area contributed by atoms with Crippen LogP contribution in [0.5, 0.6) is 0 Å². The zero-order chi connectivity index (χ0) is 14.3. The third-order valence-corrected chi connectivity index (χ3v) is 5.72. The van der Waals surface area contributed by atoms with Crippen LogP contribution in [-0.4, -0.2) is 0 Å². The quantitative estimate of drug-likeness (QED) is 0.638. The van der Waals surface area contributed by atoms with Crippen LogP contribution in [0.15, 0.2) is 18.2 Å². The molecule has 0 aliphatic heterocycles. The summed E-state index contributed by atoms with van der Waals surface area (Å²) in [4.78, 5) is 2.33. The average Bonchev–Trinajstić information content (AvgIpc) is 2.86. The van der Waals surface area contributed by atoms with Crippen molar-refractivity contribution in [3.8, 4) is 0 Å². The summed E-state index contributed by atoms with van der Waals surface area (Å²) in [7, 11) is 0. The topological polar surface area (TPSA) is 0 Å². The maximum Gasteiger partial charge on any atom is 0.131 e. The Balaban J connectivity index is 1.98. The number of fused-ring (bicyclic) bond motifs is 1. The molecule has 0 saturated carbocycles. The molecule has 0 N–H and O–H groups in total. The molecule has 0 amide bonds. The van der Waals surface area contributed by atoms with Crippen LogP contribution in [0.2, 0.25) is 0 Å². The Morgan fingerprint density at radius 2 is 1.85 bits per heavy atom. The van der Waals surface area contributed by atoms with Gasteiger partial charge in [0.1, 0.15) is 11.6 Å². The Hall–Kier alpha value is -0.930. The fourth-order valence-electron chi connectivity index (χ4n) is 2.67. The number of benzene rings is 1. The van der Waals surface area contributed by atoms with Crippen molar-refractivity contribution in [1.82, 2.24) is 0 Å². The summed E-state index contributed by atoms with van der Waals surface area (Å²) in [5.41, 5.74) is 2.14. The van der Waals surface area contributed by atoms with Gasteiger partial charge in [0.2, 0.25) is 0 Å². The molecule has 1 aromatic heterocycles. The van der Waals surface area contributed by atoms with Gasteiger partial charge in [-0.05, 0) is 55.9 Å². The summed E-state index contributed by atoms with van der Waals surface area (Å²) in [5.74, 6) is -1.10. The molecule has 1 aliphatic rings. The third-order valence-electron chi connectivity index (χ3n) is 3.82. The minimum absolute atomic E-state index is 0.365. The van der Waals surface area contributed by atoms with Crippen LogP contribution in [0.1, 0.15) is 44.7 Å². The number of aryl methyl sites for hydroxylation is 3. The molecule has 3 rings (SSSR count). The van der Waals surface area contributed by atoms with Gasteiger partial charge in [0.05, 0.1) is 5.38 Å². The number of alkyl halides is 1. The minimum atomic E-state index is -0.570. The summed E-state index contributed by atoms with van der Waals surface area (Å²) >= 11 is 8.09. The Labute approximate surface area is 126 Å². The van der Waals surface area contributed by atoms with Crippen LogP contribution < -0.4 is 0 Å². The molecule has 20 heavy (non-hydrogen) atoms. The minimum Gasteiger partial charge on any atom is -0.207 e. The molecule has 0 bridgehead atoms. The van der Waals surface area contributed by atoms with E-state index in [4.69, 9.17) is 11.6 Å². The van der Waals surface area contributed by atoms with Gasteiger partial charge >= 0.3 is 0 Å². The fraction of sp³-hybridized carbons (Fsp3) is 0.375. The van der Waals surface area contributed by atoms with Gasteiger partial charge in [0.15, 0.2) is 0 Å². The van der Waals surface area contributed by atoms with Crippen molar-refractivity contribution < 1.29 is 8.78 Å². The molecule has 1 aliphatic carbocycles. The zero-order valence-electron chi connectivity index (χ0n) is 11.2. The van der Waals surface area contributed by atoms with Crippen molar-refractivity contribution in [2.75, 3.05) is 0 Å². The van der Waals surface area contributed by atoms with E-state index < -0.39 is 17.0 Å². The fourth-order valence-corrected chi connectivity index (χ4v) is 4.28. The highest BCUT2D eigenvalue weighted by Gasteiger charge is 2.22. The monoisotopic (exact) mass is 312 g/mol. The summed E-state index contributed by atoms with van der Waals surface area (Å²) in [6.07, 6.45) is 4.60. The van der Waals surface area contributed by atoms with Crippen molar-refractivity contribution in [2.45, 2.75) is 38.0 Å². The Kier molecular flexibility index (Phi) is 3.83. The molecule has 2 aromatic rings. The first-order valence-corrected chi connectivity index (χ1v) is 8.02. The zero-order valence-corrected chi connectivity index (χ0v) is 12.8. The van der Waals surface area contributed by atoms with Gasteiger partial charge in [-0.1, -0.05) is 0 Å². The second-order valence-electron chi connectivity index (χ2n) is 5.29. The maximum atomic E-state index is 13.9. The molecular formula is C16H15ClF2S. The molecule has 1 unspecified atom stereocenters. The predicted octanol–water partition coefficient (Wildman–Crippen LogP) is 5.54. The van der Waals surface area contributed by atoms with Crippen LogP contribution in [0.3, 0.4) is 0 Å². The molecule has 0 spiro atoms. The number of thiophene rings is 1. The van der Waals surface area contributed by atoms with E-state index in [1.165, 1.54) is 29.3 Å². The molecule has 0 nitrogen and oxygen atoms in total. The SMILES string of the molecule is Cc1cc(C(Cl)c2cc3c(s2)CCCC3)c(F)cc1F. The van der Waals surface area contributed by atoms with Gasteiger partial charge in [-0.25, -0.2) is 8.78 Å². The highest BCUT2D eigenvalue weighted by molar-refractivity contribution is 7.12. The standard InChI is InChI=1S/C16H15ClF2S/c1-9-6-11(13(19)8-12(9)18)16(17)15-7-10-4-2-3-5-14(10)20-15/h6-8,16H,2-5H2,1H3. The lowest BCUT2D eigenvalue weighted by Gasteiger charge is -2.10. The first-order valence-electron chi connectivity index (χ1n) is 6.77. The van der Waals surface area contributed by atoms with Crippen LogP contribution in [-0.2, 0) is 12.8 Å². The molecule has 0 fully saturated rings. The second kappa shape index (κ2) is 5.45. The van der Waals surface area contributed by atoms with Crippen molar-refractivity contribution >= 4 is 22.9 Å². The molecule has 1 heterocycles. The molecule has 0 radical (unpaired) electrons. The van der Waals surface area contributed by atoms with Gasteiger partial charge < -0.3 is 0 Å². The molecule has 106 valence electrons. The molecule has 1 aromatic carbocycles. The largest absolute Gasteiger partial charge is 0.207 e. The summed E-state index contributed by atoms with van der Waals surface area (Å²) < 4.78 is 27.3. The molecule has 4 heteroatoms. The summed E-state index contributed by atoms with van der Waals surface area (Å²) in [5, 5.41) is -0.537. The smallest absolute Gasteiger partial charge is 0.131 e. The first-order chi connectivity index (χ1) is 9.56. The van der Waals surface area contributed by atoms with Gasteiger partial charge in [0.25, 0.3) is 0 Å². The molecular weight excluding hydrogens is 298 g/mol. The van der Waals surface area contributed by atoms with Crippen LogP contribution in [0.4, 0.5) is 8.78 Å². The van der Waals surface area contributed by atoms with E-state index in [-0.39, 0.29) is 0 Å². The highest BCUT2D eigenvalue weighted by atomic mass is 35.5. The van der Waals surface area contributed by atoms with Crippen molar-refractivity contribution in [3.05, 3.63) is 56.3 Å². The lowest BCUT2D eigenvalue weighted by Crippen LogP contribution is -1.98. The van der Waals surface area contributed by atoms with Gasteiger partial charge in [0, 0.05) is 21.4 Å².